The summed E-state index contributed by atoms with van der Waals surface area (Å²) >= 11 is 0. The van der Waals surface area contributed by atoms with Crippen molar-refractivity contribution in [2.75, 3.05) is 48.0 Å². The van der Waals surface area contributed by atoms with Crippen molar-refractivity contribution in [1.82, 2.24) is 9.97 Å². The first kappa shape index (κ1) is 18.7. The van der Waals surface area contributed by atoms with E-state index in [9.17, 15) is 4.79 Å². The van der Waals surface area contributed by atoms with Crippen LogP contribution in [0.3, 0.4) is 0 Å². The number of nitrogens with one attached hydrogen (secondary N) is 1. The maximum atomic E-state index is 13.1. The van der Waals surface area contributed by atoms with Gasteiger partial charge in [-0.25, -0.2) is 9.97 Å². The van der Waals surface area contributed by atoms with Crippen LogP contribution in [0.5, 0.6) is 0 Å². The Morgan fingerprint density at radius 3 is 2.46 bits per heavy atom. The van der Waals surface area contributed by atoms with Crippen LogP contribution in [-0.2, 0) is 9.53 Å². The van der Waals surface area contributed by atoms with E-state index in [-0.39, 0.29) is 11.9 Å². The maximum absolute atomic E-state index is 13.1. The highest BCUT2D eigenvalue weighted by Gasteiger charge is 2.34. The first-order chi connectivity index (χ1) is 13.5. The smallest absolute Gasteiger partial charge is 0.249 e. The number of benzene rings is 1. The second-order valence-corrected chi connectivity index (χ2v) is 7.58. The minimum atomic E-state index is -0.271. The molecule has 1 aromatic carbocycles. The minimum absolute atomic E-state index is 0.0987. The van der Waals surface area contributed by atoms with Crippen LogP contribution in [0, 0.1) is 20.8 Å². The SMILES string of the molecule is Cc1cc(C)c(N2CCC(Nc3cc(N4CCOCC4)ncn3)C2=O)c(C)c1. The van der Waals surface area contributed by atoms with E-state index >= 15 is 0 Å². The molecule has 3 heterocycles. The van der Waals surface area contributed by atoms with E-state index in [1.807, 2.05) is 11.0 Å². The molecule has 2 aromatic rings. The summed E-state index contributed by atoms with van der Waals surface area (Å²) in [6.45, 7) is 9.99. The summed E-state index contributed by atoms with van der Waals surface area (Å²) in [7, 11) is 0. The number of amides is 1. The van der Waals surface area contributed by atoms with Gasteiger partial charge in [0, 0.05) is 31.4 Å². The molecule has 0 bridgehead atoms. The lowest BCUT2D eigenvalue weighted by atomic mass is 10.0. The van der Waals surface area contributed by atoms with Crippen LogP contribution in [0.4, 0.5) is 17.3 Å². The zero-order valence-electron chi connectivity index (χ0n) is 16.7. The summed E-state index contributed by atoms with van der Waals surface area (Å²) in [6, 6.07) is 5.92. The van der Waals surface area contributed by atoms with Gasteiger partial charge in [-0.3, -0.25) is 4.79 Å². The highest BCUT2D eigenvalue weighted by atomic mass is 16.5. The molecule has 1 unspecified atom stereocenters. The van der Waals surface area contributed by atoms with Gasteiger partial charge in [-0.1, -0.05) is 17.7 Å². The van der Waals surface area contributed by atoms with Crippen molar-refractivity contribution >= 4 is 23.2 Å². The lowest BCUT2D eigenvalue weighted by molar-refractivity contribution is -0.117. The number of hydrogen-bond acceptors (Lipinski definition) is 6. The summed E-state index contributed by atoms with van der Waals surface area (Å²) in [4.78, 5) is 25.9. The average molecular weight is 381 g/mol. The molecule has 7 heteroatoms. The summed E-state index contributed by atoms with van der Waals surface area (Å²) in [6.07, 6.45) is 2.31. The maximum Gasteiger partial charge on any atom is 0.249 e. The van der Waals surface area contributed by atoms with Crippen LogP contribution in [0.15, 0.2) is 24.5 Å². The Balaban J connectivity index is 1.49. The number of aryl methyl sites for hydroxylation is 3. The predicted molar refractivity (Wildman–Crippen MR) is 110 cm³/mol. The normalized spacial score (nSPS) is 20.0. The molecule has 0 radical (unpaired) electrons. The summed E-state index contributed by atoms with van der Waals surface area (Å²) in [5.41, 5.74) is 4.54. The third-order valence-electron chi connectivity index (χ3n) is 5.42. The van der Waals surface area contributed by atoms with Gasteiger partial charge in [-0.15, -0.1) is 0 Å². The molecule has 0 aliphatic carbocycles. The number of rotatable bonds is 4. The summed E-state index contributed by atoms with van der Waals surface area (Å²) < 4.78 is 5.40. The Morgan fingerprint density at radius 1 is 1.04 bits per heavy atom. The van der Waals surface area contributed by atoms with E-state index in [0.29, 0.717) is 25.6 Å². The van der Waals surface area contributed by atoms with Crippen LogP contribution < -0.4 is 15.1 Å². The lowest BCUT2D eigenvalue weighted by Gasteiger charge is -2.28. The van der Waals surface area contributed by atoms with Crippen LogP contribution >= 0.6 is 0 Å². The first-order valence-electron chi connectivity index (χ1n) is 9.83. The molecule has 2 fully saturated rings. The minimum Gasteiger partial charge on any atom is -0.378 e. The van der Waals surface area contributed by atoms with Gasteiger partial charge in [-0.05, 0) is 38.3 Å². The molecule has 2 aliphatic heterocycles. The second kappa shape index (κ2) is 7.75. The number of aromatic nitrogens is 2. The lowest BCUT2D eigenvalue weighted by Crippen LogP contribution is -2.37. The molecular formula is C21H27N5O2. The zero-order chi connectivity index (χ0) is 19.7. The Labute approximate surface area is 165 Å². The van der Waals surface area contributed by atoms with Crippen LogP contribution in [0.1, 0.15) is 23.1 Å². The number of morpholine rings is 1. The van der Waals surface area contributed by atoms with E-state index in [4.69, 9.17) is 4.74 Å². The molecule has 2 aliphatic rings. The molecule has 0 saturated carbocycles. The molecule has 1 atom stereocenters. The van der Waals surface area contributed by atoms with Crippen LogP contribution in [0.25, 0.3) is 0 Å². The molecule has 148 valence electrons. The highest BCUT2D eigenvalue weighted by molar-refractivity contribution is 6.02. The molecular weight excluding hydrogens is 354 g/mol. The number of anilines is 3. The third kappa shape index (κ3) is 3.67. The van der Waals surface area contributed by atoms with Gasteiger partial charge in [0.2, 0.25) is 5.91 Å². The number of hydrogen-bond donors (Lipinski definition) is 1. The number of carbonyl (C=O) groups is 1. The van der Waals surface area contributed by atoms with Crippen LogP contribution in [-0.4, -0.2) is 54.8 Å². The fraction of sp³-hybridized carbons (Fsp3) is 0.476. The summed E-state index contributed by atoms with van der Waals surface area (Å²) in [5, 5.41) is 3.32. The van der Waals surface area contributed by atoms with Crippen molar-refractivity contribution in [2.24, 2.45) is 0 Å². The van der Waals surface area contributed by atoms with E-state index in [1.165, 1.54) is 5.56 Å². The van der Waals surface area contributed by atoms with Crippen LogP contribution in [0.2, 0.25) is 0 Å². The van der Waals surface area contributed by atoms with Crippen molar-refractivity contribution in [3.05, 3.63) is 41.2 Å². The number of ether oxygens (including phenoxy) is 1. The number of nitrogens with zero attached hydrogens (tertiary/aromatic N) is 4. The van der Waals surface area contributed by atoms with Gasteiger partial charge in [-0.2, -0.15) is 0 Å². The molecule has 7 nitrogen and oxygen atoms in total. The zero-order valence-corrected chi connectivity index (χ0v) is 16.7. The predicted octanol–water partition coefficient (Wildman–Crippen LogP) is 2.46. The van der Waals surface area contributed by atoms with Crippen molar-refractivity contribution in [3.63, 3.8) is 0 Å². The standard InChI is InChI=1S/C21H27N5O2/c1-14-10-15(2)20(16(3)11-14)26-5-4-17(21(26)27)24-18-12-19(23-13-22-18)25-6-8-28-9-7-25/h10-13,17H,4-9H2,1-3H3,(H,22,23,24). The van der Waals surface area contributed by atoms with E-state index in [0.717, 1.165) is 42.1 Å². The first-order valence-corrected chi connectivity index (χ1v) is 9.83. The highest BCUT2D eigenvalue weighted by Crippen LogP contribution is 2.31. The van der Waals surface area contributed by atoms with Crippen molar-refractivity contribution in [1.29, 1.82) is 0 Å². The molecule has 1 aromatic heterocycles. The topological polar surface area (TPSA) is 70.6 Å². The summed E-state index contributed by atoms with van der Waals surface area (Å²) in [5.74, 6) is 1.66. The van der Waals surface area contributed by atoms with Gasteiger partial charge in [0.1, 0.15) is 24.0 Å². The third-order valence-corrected chi connectivity index (χ3v) is 5.42. The number of carbonyl (C=O) groups excluding carboxylic acids is 1. The monoisotopic (exact) mass is 381 g/mol. The van der Waals surface area contributed by atoms with Gasteiger partial charge in [0.05, 0.1) is 13.2 Å². The molecule has 1 N–H and O–H groups in total. The quantitative estimate of drug-likeness (QED) is 0.877. The van der Waals surface area contributed by atoms with E-state index < -0.39 is 0 Å². The van der Waals surface area contributed by atoms with E-state index in [2.05, 4.69) is 53.1 Å². The van der Waals surface area contributed by atoms with E-state index in [1.54, 1.807) is 6.33 Å². The van der Waals surface area contributed by atoms with Gasteiger partial charge in [0.25, 0.3) is 0 Å². The van der Waals surface area contributed by atoms with Crippen molar-refractivity contribution in [2.45, 2.75) is 33.2 Å². The van der Waals surface area contributed by atoms with Crippen molar-refractivity contribution < 1.29 is 9.53 Å². The Morgan fingerprint density at radius 2 is 1.75 bits per heavy atom. The molecule has 28 heavy (non-hydrogen) atoms. The Bertz CT molecular complexity index is 856. The molecule has 1 amide bonds. The fourth-order valence-electron chi connectivity index (χ4n) is 4.20. The van der Waals surface area contributed by atoms with Gasteiger partial charge < -0.3 is 19.9 Å². The molecule has 4 rings (SSSR count). The average Bonchev–Trinajstić information content (AvgIpc) is 3.02. The largest absolute Gasteiger partial charge is 0.378 e. The van der Waals surface area contributed by atoms with Crippen molar-refractivity contribution in [3.8, 4) is 0 Å². The second-order valence-electron chi connectivity index (χ2n) is 7.58. The molecule has 0 spiro atoms. The fourth-order valence-corrected chi connectivity index (χ4v) is 4.20. The van der Waals surface area contributed by atoms with Gasteiger partial charge >= 0.3 is 0 Å². The van der Waals surface area contributed by atoms with Gasteiger partial charge in [0.15, 0.2) is 0 Å². The Kier molecular flexibility index (Phi) is 5.17. The Hall–Kier alpha value is -2.67. The molecule has 2 saturated heterocycles.